The SMILES string of the molecule is COc1ccc(CN(C(=O)CN2C(=O)C(=O)c3ccccc32)C(C(=O)Nc2ccc(OC)cc2)c2ccccc2)cc1. The van der Waals surface area contributed by atoms with Crippen molar-refractivity contribution in [1.82, 2.24) is 4.90 Å². The number of rotatable bonds is 10. The Balaban J connectivity index is 1.52. The van der Waals surface area contributed by atoms with Crippen LogP contribution in [0.5, 0.6) is 11.5 Å². The molecule has 42 heavy (non-hydrogen) atoms. The summed E-state index contributed by atoms with van der Waals surface area (Å²) in [5, 5.41) is 2.91. The number of hydrogen-bond acceptors (Lipinski definition) is 6. The third-order valence-corrected chi connectivity index (χ3v) is 7.04. The zero-order valence-electron chi connectivity index (χ0n) is 23.2. The molecule has 1 unspecified atom stereocenters. The molecule has 1 aliphatic heterocycles. The number of methoxy groups -OCH3 is 2. The lowest BCUT2D eigenvalue weighted by molar-refractivity contribution is -0.139. The number of anilines is 2. The van der Waals surface area contributed by atoms with Crippen molar-refractivity contribution in [1.29, 1.82) is 0 Å². The largest absolute Gasteiger partial charge is 0.497 e. The van der Waals surface area contributed by atoms with E-state index in [1.165, 1.54) is 9.80 Å². The molecule has 1 atom stereocenters. The molecule has 212 valence electrons. The minimum Gasteiger partial charge on any atom is -0.497 e. The standard InChI is InChI=1S/C33H29N3O6/c1-41-25-16-12-22(13-17-25)20-36(29(37)21-35-28-11-7-6-10-27(28)31(38)33(35)40)30(23-8-4-3-5-9-23)32(39)34-24-14-18-26(42-2)19-15-24/h3-19,30H,20-21H2,1-2H3,(H,34,39). The maximum atomic E-state index is 14.1. The molecule has 9 heteroatoms. The lowest BCUT2D eigenvalue weighted by atomic mass is 10.0. The number of hydrogen-bond donors (Lipinski definition) is 1. The number of amides is 3. The van der Waals surface area contributed by atoms with Gasteiger partial charge in [0.15, 0.2) is 0 Å². The summed E-state index contributed by atoms with van der Waals surface area (Å²) in [6.07, 6.45) is 0. The predicted octanol–water partition coefficient (Wildman–Crippen LogP) is 4.64. The van der Waals surface area contributed by atoms with Crippen LogP contribution in [0.3, 0.4) is 0 Å². The number of ether oxygens (including phenoxy) is 2. The second kappa shape index (κ2) is 12.4. The van der Waals surface area contributed by atoms with Crippen molar-refractivity contribution in [2.45, 2.75) is 12.6 Å². The van der Waals surface area contributed by atoms with Crippen molar-refractivity contribution in [2.75, 3.05) is 31.0 Å². The summed E-state index contributed by atoms with van der Waals surface area (Å²) in [5.74, 6) is -1.13. The van der Waals surface area contributed by atoms with E-state index in [1.54, 1.807) is 99.1 Å². The number of fused-ring (bicyclic) bond motifs is 1. The van der Waals surface area contributed by atoms with E-state index in [4.69, 9.17) is 9.47 Å². The van der Waals surface area contributed by atoms with Crippen molar-refractivity contribution in [2.24, 2.45) is 0 Å². The van der Waals surface area contributed by atoms with Gasteiger partial charge < -0.3 is 19.7 Å². The molecule has 0 spiro atoms. The maximum Gasteiger partial charge on any atom is 0.299 e. The summed E-state index contributed by atoms with van der Waals surface area (Å²) in [7, 11) is 3.12. The Bertz CT molecular complexity index is 1600. The van der Waals surface area contributed by atoms with Crippen molar-refractivity contribution in [3.63, 3.8) is 0 Å². The van der Waals surface area contributed by atoms with Gasteiger partial charge in [-0.3, -0.25) is 24.1 Å². The second-order valence-corrected chi connectivity index (χ2v) is 9.64. The van der Waals surface area contributed by atoms with Crippen LogP contribution in [0, 0.1) is 0 Å². The zero-order valence-corrected chi connectivity index (χ0v) is 23.2. The van der Waals surface area contributed by atoms with Crippen LogP contribution in [0.15, 0.2) is 103 Å². The van der Waals surface area contributed by atoms with E-state index in [1.807, 2.05) is 18.2 Å². The molecule has 4 aromatic rings. The minimum absolute atomic E-state index is 0.0516. The minimum atomic E-state index is -1.06. The number of Topliss-reactive ketones (excluding diaryl/α,β-unsaturated/α-hetero) is 1. The summed E-state index contributed by atoms with van der Waals surface area (Å²) in [6.45, 7) is -0.368. The van der Waals surface area contributed by atoms with Crippen LogP contribution >= 0.6 is 0 Å². The Morgan fingerprint density at radius 2 is 1.38 bits per heavy atom. The van der Waals surface area contributed by atoms with Gasteiger partial charge in [0.2, 0.25) is 5.91 Å². The predicted molar refractivity (Wildman–Crippen MR) is 157 cm³/mol. The summed E-state index contributed by atoms with van der Waals surface area (Å²) in [5.41, 5.74) is 2.45. The van der Waals surface area contributed by atoms with E-state index < -0.39 is 36.1 Å². The molecule has 0 saturated heterocycles. The molecule has 3 amide bonds. The van der Waals surface area contributed by atoms with Gasteiger partial charge in [-0.1, -0.05) is 54.6 Å². The Morgan fingerprint density at radius 3 is 2.02 bits per heavy atom. The van der Waals surface area contributed by atoms with Gasteiger partial charge in [0.1, 0.15) is 24.1 Å². The molecule has 0 saturated carbocycles. The van der Waals surface area contributed by atoms with Crippen molar-refractivity contribution in [3.05, 3.63) is 120 Å². The fourth-order valence-corrected chi connectivity index (χ4v) is 4.88. The third-order valence-electron chi connectivity index (χ3n) is 7.04. The fraction of sp³-hybridized carbons (Fsp3) is 0.152. The first-order chi connectivity index (χ1) is 20.4. The zero-order chi connectivity index (χ0) is 29.6. The van der Waals surface area contributed by atoms with Crippen LogP contribution in [0.25, 0.3) is 0 Å². The summed E-state index contributed by atoms with van der Waals surface area (Å²) in [4.78, 5) is 56.2. The average Bonchev–Trinajstić information content (AvgIpc) is 3.26. The molecule has 1 aliphatic rings. The average molecular weight is 564 g/mol. The number of carbonyl (C=O) groups is 4. The van der Waals surface area contributed by atoms with Crippen LogP contribution in [-0.4, -0.2) is 49.2 Å². The lowest BCUT2D eigenvalue weighted by Gasteiger charge is -2.33. The fourth-order valence-electron chi connectivity index (χ4n) is 4.88. The number of benzene rings is 4. The second-order valence-electron chi connectivity index (χ2n) is 9.64. The molecule has 5 rings (SSSR count). The van der Waals surface area contributed by atoms with Gasteiger partial charge >= 0.3 is 0 Å². The molecular weight excluding hydrogens is 534 g/mol. The molecule has 1 N–H and O–H groups in total. The van der Waals surface area contributed by atoms with Gasteiger partial charge in [-0.25, -0.2) is 0 Å². The molecule has 0 aliphatic carbocycles. The van der Waals surface area contributed by atoms with Gasteiger partial charge in [0.05, 0.1) is 25.5 Å². The topological polar surface area (TPSA) is 105 Å². The van der Waals surface area contributed by atoms with Crippen LogP contribution in [-0.2, 0) is 20.9 Å². The van der Waals surface area contributed by atoms with E-state index in [-0.39, 0.29) is 12.1 Å². The molecule has 1 heterocycles. The highest BCUT2D eigenvalue weighted by Crippen LogP contribution is 2.31. The third kappa shape index (κ3) is 5.85. The van der Waals surface area contributed by atoms with Gasteiger partial charge in [-0.2, -0.15) is 0 Å². The monoisotopic (exact) mass is 563 g/mol. The summed E-state index contributed by atoms with van der Waals surface area (Å²) >= 11 is 0. The smallest absolute Gasteiger partial charge is 0.299 e. The van der Waals surface area contributed by atoms with E-state index in [9.17, 15) is 19.2 Å². The van der Waals surface area contributed by atoms with Crippen molar-refractivity contribution in [3.8, 4) is 11.5 Å². The van der Waals surface area contributed by atoms with Gasteiger partial charge in [-0.05, 0) is 59.7 Å². The Kier molecular flexibility index (Phi) is 8.29. The number of nitrogens with one attached hydrogen (secondary N) is 1. The van der Waals surface area contributed by atoms with Gasteiger partial charge in [0.25, 0.3) is 17.6 Å². The quantitative estimate of drug-likeness (QED) is 0.282. The number of nitrogens with zero attached hydrogens (tertiary/aromatic N) is 2. The highest BCUT2D eigenvalue weighted by molar-refractivity contribution is 6.52. The first-order valence-corrected chi connectivity index (χ1v) is 13.3. The van der Waals surface area contributed by atoms with E-state index >= 15 is 0 Å². The highest BCUT2D eigenvalue weighted by atomic mass is 16.5. The number of ketones is 1. The first-order valence-electron chi connectivity index (χ1n) is 13.3. The Hall–Kier alpha value is -5.44. The molecular formula is C33H29N3O6. The molecule has 0 fully saturated rings. The van der Waals surface area contributed by atoms with Crippen LogP contribution in [0.1, 0.15) is 27.5 Å². The van der Waals surface area contributed by atoms with Crippen LogP contribution in [0.2, 0.25) is 0 Å². The van der Waals surface area contributed by atoms with E-state index in [0.717, 1.165) is 5.56 Å². The maximum absolute atomic E-state index is 14.1. The Labute approximate surface area is 243 Å². The van der Waals surface area contributed by atoms with Crippen molar-refractivity contribution >= 4 is 34.9 Å². The van der Waals surface area contributed by atoms with Crippen LogP contribution in [0.4, 0.5) is 11.4 Å². The molecule has 9 nitrogen and oxygen atoms in total. The molecule has 0 radical (unpaired) electrons. The molecule has 0 aromatic heterocycles. The lowest BCUT2D eigenvalue weighted by Crippen LogP contribution is -2.46. The molecule has 0 bridgehead atoms. The normalized spacial score (nSPS) is 12.9. The summed E-state index contributed by atoms with van der Waals surface area (Å²) < 4.78 is 10.5. The van der Waals surface area contributed by atoms with Gasteiger partial charge in [0, 0.05) is 12.2 Å². The molecule has 4 aromatic carbocycles. The first kappa shape index (κ1) is 28.1. The number of carbonyl (C=O) groups excluding carboxylic acids is 4. The van der Waals surface area contributed by atoms with E-state index in [0.29, 0.717) is 28.4 Å². The van der Waals surface area contributed by atoms with E-state index in [2.05, 4.69) is 5.32 Å². The van der Waals surface area contributed by atoms with Crippen LogP contribution < -0.4 is 19.7 Å². The van der Waals surface area contributed by atoms with Crippen molar-refractivity contribution < 1.29 is 28.7 Å². The number of para-hydroxylation sites is 1. The summed E-state index contributed by atoms with van der Waals surface area (Å²) in [6, 6.07) is 28.5. The Morgan fingerprint density at radius 1 is 0.786 bits per heavy atom. The highest BCUT2D eigenvalue weighted by Gasteiger charge is 2.39. The van der Waals surface area contributed by atoms with Gasteiger partial charge in [-0.15, -0.1) is 0 Å².